The van der Waals surface area contributed by atoms with Crippen molar-refractivity contribution in [3.05, 3.63) is 41.8 Å². The Bertz CT molecular complexity index is 421. The fourth-order valence-corrected chi connectivity index (χ4v) is 1.03. The first-order valence-corrected chi connectivity index (χ1v) is 4.52. The van der Waals surface area contributed by atoms with Crippen LogP contribution in [0.1, 0.15) is 10.4 Å². The average molecular weight is 220 g/mol. The predicted molar refractivity (Wildman–Crippen MR) is 60.7 cm³/mol. The number of carboxylic acid groups (broad SMARTS) is 1. The molecule has 0 fully saturated rings. The molecule has 0 radical (unpaired) electrons. The van der Waals surface area contributed by atoms with Crippen LogP contribution in [0.3, 0.4) is 0 Å². The highest BCUT2D eigenvalue weighted by molar-refractivity contribution is 5.87. The van der Waals surface area contributed by atoms with E-state index in [1.165, 1.54) is 24.5 Å². The third kappa shape index (κ3) is 3.13. The topological polar surface area (TPSA) is 84.9 Å². The Hall–Kier alpha value is -2.30. The van der Waals surface area contributed by atoms with Crippen LogP contribution in [-0.2, 0) is 0 Å². The molecule has 0 aliphatic carbocycles. The largest absolute Gasteiger partial charge is 0.478 e. The zero-order valence-corrected chi connectivity index (χ0v) is 8.75. The molecule has 0 spiro atoms. The van der Waals surface area contributed by atoms with E-state index < -0.39 is 5.97 Å². The van der Waals surface area contributed by atoms with Gasteiger partial charge in [-0.2, -0.15) is 0 Å². The quantitative estimate of drug-likeness (QED) is 0.591. The van der Waals surface area contributed by atoms with Gasteiger partial charge in [-0.15, -0.1) is 0 Å². The molecular weight excluding hydrogens is 208 g/mol. The molecule has 16 heavy (non-hydrogen) atoms. The number of hydrogen-bond donors (Lipinski definition) is 2. The predicted octanol–water partition coefficient (Wildman–Crippen LogP) is 1.26. The van der Waals surface area contributed by atoms with Crippen LogP contribution in [0.4, 0.5) is 0 Å². The summed E-state index contributed by atoms with van der Waals surface area (Å²) in [6.45, 7) is 0. The van der Waals surface area contributed by atoms with Crippen LogP contribution >= 0.6 is 0 Å². The molecule has 1 aromatic carbocycles. The molecule has 0 atom stereocenters. The lowest BCUT2D eigenvalue weighted by Crippen LogP contribution is -2.01. The van der Waals surface area contributed by atoms with Crippen LogP contribution in [0.25, 0.3) is 0 Å². The van der Waals surface area contributed by atoms with Gasteiger partial charge < -0.3 is 15.6 Å². The van der Waals surface area contributed by atoms with Gasteiger partial charge >= 0.3 is 5.97 Å². The summed E-state index contributed by atoms with van der Waals surface area (Å²) in [6, 6.07) is 6.01. The number of benzene rings is 1. The van der Waals surface area contributed by atoms with Gasteiger partial charge in [-0.1, -0.05) is 0 Å². The summed E-state index contributed by atoms with van der Waals surface area (Å²) in [5, 5.41) is 8.69. The van der Waals surface area contributed by atoms with E-state index in [9.17, 15) is 4.79 Å². The Balaban J connectivity index is 2.79. The number of nitrogens with two attached hydrogens (primary N) is 1. The maximum Gasteiger partial charge on any atom is 0.335 e. The van der Waals surface area contributed by atoms with Crippen LogP contribution in [0, 0.1) is 0 Å². The number of carbonyl (C=O) groups is 1. The minimum absolute atomic E-state index is 0.204. The van der Waals surface area contributed by atoms with Crippen molar-refractivity contribution >= 4 is 12.2 Å². The Kier molecular flexibility index (Phi) is 4.08. The van der Waals surface area contributed by atoms with E-state index in [2.05, 4.69) is 4.99 Å². The maximum absolute atomic E-state index is 10.6. The molecule has 0 saturated carbocycles. The monoisotopic (exact) mass is 220 g/mol. The molecule has 0 saturated heterocycles. The van der Waals surface area contributed by atoms with Gasteiger partial charge in [0.15, 0.2) is 5.76 Å². The second kappa shape index (κ2) is 5.55. The molecule has 0 amide bonds. The van der Waals surface area contributed by atoms with Gasteiger partial charge in [0.2, 0.25) is 0 Å². The third-order valence-corrected chi connectivity index (χ3v) is 1.76. The Morgan fingerprint density at radius 1 is 1.44 bits per heavy atom. The molecule has 0 aliphatic rings. The van der Waals surface area contributed by atoms with Gasteiger partial charge in [0.1, 0.15) is 5.75 Å². The minimum Gasteiger partial charge on any atom is -0.478 e. The molecule has 84 valence electrons. The van der Waals surface area contributed by atoms with Crippen molar-refractivity contribution in [1.29, 1.82) is 0 Å². The molecule has 3 N–H and O–H groups in total. The second-order valence-corrected chi connectivity index (χ2v) is 2.89. The first-order chi connectivity index (χ1) is 7.67. The summed E-state index contributed by atoms with van der Waals surface area (Å²) in [7, 11) is 1.60. The third-order valence-electron chi connectivity index (χ3n) is 1.76. The number of carboxylic acids is 1. The first-order valence-electron chi connectivity index (χ1n) is 4.52. The fraction of sp³-hybridized carbons (Fsp3) is 0.0909. The molecule has 0 aliphatic heterocycles. The van der Waals surface area contributed by atoms with Crippen LogP contribution in [0.15, 0.2) is 41.2 Å². The molecule has 1 rings (SSSR count). The number of allylic oxidation sites excluding steroid dienone is 1. The van der Waals surface area contributed by atoms with Gasteiger partial charge in [-0.3, -0.25) is 4.99 Å². The molecule has 0 unspecified atom stereocenters. The number of nitrogens with zero attached hydrogens (tertiary/aromatic N) is 1. The molecule has 0 bridgehead atoms. The summed E-state index contributed by atoms with van der Waals surface area (Å²) >= 11 is 0. The Morgan fingerprint density at radius 3 is 2.50 bits per heavy atom. The minimum atomic E-state index is -0.976. The summed E-state index contributed by atoms with van der Waals surface area (Å²) < 4.78 is 5.33. The highest BCUT2D eigenvalue weighted by Gasteiger charge is 2.02. The van der Waals surface area contributed by atoms with E-state index in [-0.39, 0.29) is 5.56 Å². The molecule has 0 aromatic heterocycles. The Labute approximate surface area is 92.9 Å². The molecule has 0 heterocycles. The van der Waals surface area contributed by atoms with E-state index in [0.29, 0.717) is 11.5 Å². The maximum atomic E-state index is 10.6. The molecule has 1 aromatic rings. The van der Waals surface area contributed by atoms with Gasteiger partial charge in [0, 0.05) is 13.2 Å². The molecular formula is C11H12N2O3. The summed E-state index contributed by atoms with van der Waals surface area (Å²) in [4.78, 5) is 14.4. The number of aliphatic imine (C=N–C) groups is 1. The zero-order chi connectivity index (χ0) is 12.0. The summed E-state index contributed by atoms with van der Waals surface area (Å²) in [5.41, 5.74) is 5.52. The van der Waals surface area contributed by atoms with Crippen molar-refractivity contribution in [2.24, 2.45) is 10.7 Å². The zero-order valence-electron chi connectivity index (χ0n) is 8.75. The number of hydrogen-bond acceptors (Lipinski definition) is 4. The van der Waals surface area contributed by atoms with Crippen LogP contribution in [-0.4, -0.2) is 24.3 Å². The van der Waals surface area contributed by atoms with Crippen molar-refractivity contribution in [1.82, 2.24) is 0 Å². The highest BCUT2D eigenvalue weighted by atomic mass is 16.5. The van der Waals surface area contributed by atoms with Gasteiger partial charge in [0.25, 0.3) is 0 Å². The van der Waals surface area contributed by atoms with E-state index in [1.54, 1.807) is 19.2 Å². The van der Waals surface area contributed by atoms with Crippen molar-refractivity contribution in [3.8, 4) is 5.75 Å². The lowest BCUT2D eigenvalue weighted by atomic mass is 10.2. The van der Waals surface area contributed by atoms with Crippen molar-refractivity contribution in [2.45, 2.75) is 0 Å². The lowest BCUT2D eigenvalue weighted by molar-refractivity contribution is 0.0697. The SMILES string of the molecule is CN=CC(=CN)Oc1ccc(C(=O)O)cc1. The Morgan fingerprint density at radius 2 is 2.06 bits per heavy atom. The van der Waals surface area contributed by atoms with E-state index >= 15 is 0 Å². The van der Waals surface area contributed by atoms with E-state index in [4.69, 9.17) is 15.6 Å². The number of ether oxygens (including phenoxy) is 1. The summed E-state index contributed by atoms with van der Waals surface area (Å²) in [6.07, 6.45) is 2.74. The second-order valence-electron chi connectivity index (χ2n) is 2.89. The normalized spacial score (nSPS) is 11.7. The van der Waals surface area contributed by atoms with Gasteiger partial charge in [-0.25, -0.2) is 4.79 Å². The van der Waals surface area contributed by atoms with Crippen molar-refractivity contribution < 1.29 is 14.6 Å². The van der Waals surface area contributed by atoms with Crippen LogP contribution in [0.5, 0.6) is 5.75 Å². The number of aromatic carboxylic acids is 1. The standard InChI is InChI=1S/C11H12N2O3/c1-13-7-10(6-12)16-9-4-2-8(3-5-9)11(14)15/h2-7H,12H2,1H3,(H,14,15). The smallest absolute Gasteiger partial charge is 0.335 e. The van der Waals surface area contributed by atoms with Crippen LogP contribution < -0.4 is 10.5 Å². The van der Waals surface area contributed by atoms with E-state index in [1.807, 2.05) is 0 Å². The first kappa shape index (κ1) is 11.8. The molecule has 5 heteroatoms. The van der Waals surface area contributed by atoms with Gasteiger partial charge in [-0.05, 0) is 24.3 Å². The lowest BCUT2D eigenvalue weighted by Gasteiger charge is -2.05. The highest BCUT2D eigenvalue weighted by Crippen LogP contribution is 2.14. The van der Waals surface area contributed by atoms with Crippen molar-refractivity contribution in [3.63, 3.8) is 0 Å². The van der Waals surface area contributed by atoms with E-state index in [0.717, 1.165) is 0 Å². The molecule has 5 nitrogen and oxygen atoms in total. The average Bonchev–Trinajstić information content (AvgIpc) is 2.29. The van der Waals surface area contributed by atoms with Crippen molar-refractivity contribution in [2.75, 3.05) is 7.05 Å². The summed E-state index contributed by atoms with van der Waals surface area (Å²) in [5.74, 6) is -0.0802. The number of rotatable bonds is 4. The fourth-order valence-electron chi connectivity index (χ4n) is 1.03. The van der Waals surface area contributed by atoms with Gasteiger partial charge in [0.05, 0.1) is 11.8 Å². The van der Waals surface area contributed by atoms with Crippen LogP contribution in [0.2, 0.25) is 0 Å².